The number of amides is 2. The minimum absolute atomic E-state index is 0.0372. The van der Waals surface area contributed by atoms with Gasteiger partial charge in [-0.05, 0) is 31.2 Å². The third kappa shape index (κ3) is 6.47. The normalized spacial score (nSPS) is 18.6. The quantitative estimate of drug-likeness (QED) is 0.424. The van der Waals surface area contributed by atoms with E-state index in [1.165, 1.54) is 22.7 Å². The third-order valence-corrected chi connectivity index (χ3v) is 8.87. The molecule has 208 valence electrons. The molecule has 0 unspecified atom stereocenters. The van der Waals surface area contributed by atoms with Gasteiger partial charge in [0.1, 0.15) is 11.1 Å². The van der Waals surface area contributed by atoms with Crippen molar-refractivity contribution in [3.8, 4) is 16.3 Å². The van der Waals surface area contributed by atoms with Crippen LogP contribution in [0.25, 0.3) is 10.6 Å². The van der Waals surface area contributed by atoms with Gasteiger partial charge in [-0.3, -0.25) is 9.59 Å². The topological polar surface area (TPSA) is 129 Å². The number of aliphatic hydroxyl groups is 1. The van der Waals surface area contributed by atoms with Crippen molar-refractivity contribution >= 4 is 38.9 Å². The summed E-state index contributed by atoms with van der Waals surface area (Å²) in [4.78, 5) is 32.6. The predicted octanol–water partition coefficient (Wildman–Crippen LogP) is 3.17. The van der Waals surface area contributed by atoms with E-state index in [2.05, 4.69) is 10.3 Å². The molecule has 3 aromatic rings. The summed E-state index contributed by atoms with van der Waals surface area (Å²) in [6.07, 6.45) is 2.19. The summed E-state index contributed by atoms with van der Waals surface area (Å²) in [6, 6.07) is 11.4. The summed E-state index contributed by atoms with van der Waals surface area (Å²) in [5.41, 5.74) is 1.80. The average Bonchev–Trinajstić information content (AvgIpc) is 3.45. The zero-order valence-electron chi connectivity index (χ0n) is 22.2. The second-order valence-corrected chi connectivity index (χ2v) is 12.7. The summed E-state index contributed by atoms with van der Waals surface area (Å²) in [5.74, 6) is -0.880. The van der Waals surface area contributed by atoms with E-state index in [4.69, 9.17) is 4.74 Å². The molecule has 0 saturated carbocycles. The van der Waals surface area contributed by atoms with Crippen molar-refractivity contribution in [2.75, 3.05) is 38.3 Å². The Hall–Kier alpha value is -3.32. The van der Waals surface area contributed by atoms with E-state index < -0.39 is 28.1 Å². The minimum Gasteiger partial charge on any atom is -0.486 e. The van der Waals surface area contributed by atoms with Crippen molar-refractivity contribution in [1.29, 1.82) is 0 Å². The van der Waals surface area contributed by atoms with Crippen LogP contribution in [-0.2, 0) is 10.0 Å². The summed E-state index contributed by atoms with van der Waals surface area (Å²) in [6.45, 7) is 3.66. The predicted molar refractivity (Wildman–Crippen MR) is 151 cm³/mol. The fourth-order valence-corrected chi connectivity index (χ4v) is 5.34. The lowest BCUT2D eigenvalue weighted by atomic mass is 9.99. The second kappa shape index (κ2) is 11.8. The first-order chi connectivity index (χ1) is 18.5. The number of nitrogens with zero attached hydrogens (tertiary/aromatic N) is 3. The fourth-order valence-electron chi connectivity index (χ4n) is 4.27. The van der Waals surface area contributed by atoms with Crippen molar-refractivity contribution in [2.45, 2.75) is 26.0 Å². The average molecular weight is 573 g/mol. The van der Waals surface area contributed by atoms with E-state index in [-0.39, 0.29) is 48.5 Å². The molecule has 0 bridgehead atoms. The molecule has 12 heteroatoms. The van der Waals surface area contributed by atoms with Crippen LogP contribution < -0.4 is 10.1 Å². The SMILES string of the molecule is C[C@@H]1CN([C@H](C)CO)C(=O)c2cccc(NC(=O)c3ccc(-c4nccs4)cc3)c2O[C@@H]1CN(C)S(C)(=O)=O. The molecule has 0 aliphatic carbocycles. The van der Waals surface area contributed by atoms with Gasteiger partial charge in [0.2, 0.25) is 10.0 Å². The lowest BCUT2D eigenvalue weighted by Crippen LogP contribution is -2.50. The Morgan fingerprint density at radius 2 is 2.00 bits per heavy atom. The Balaban J connectivity index is 1.69. The molecular weight excluding hydrogens is 540 g/mol. The molecule has 0 saturated heterocycles. The lowest BCUT2D eigenvalue weighted by molar-refractivity contribution is 0.0389. The van der Waals surface area contributed by atoms with Crippen LogP contribution in [0.2, 0.25) is 0 Å². The highest BCUT2D eigenvalue weighted by molar-refractivity contribution is 7.88. The molecule has 1 aliphatic rings. The molecule has 0 radical (unpaired) electrons. The first-order valence-electron chi connectivity index (χ1n) is 12.4. The Kier molecular flexibility index (Phi) is 8.70. The number of nitrogens with one attached hydrogen (secondary N) is 1. The summed E-state index contributed by atoms with van der Waals surface area (Å²) < 4.78 is 31.9. The van der Waals surface area contributed by atoms with Crippen LogP contribution in [0.15, 0.2) is 54.0 Å². The van der Waals surface area contributed by atoms with E-state index in [1.54, 1.807) is 48.4 Å². The molecule has 39 heavy (non-hydrogen) atoms. The summed E-state index contributed by atoms with van der Waals surface area (Å²) in [5, 5.41) is 15.4. The number of carbonyl (C=O) groups excluding carboxylic acids is 2. The van der Waals surface area contributed by atoms with Gasteiger partial charge in [0.25, 0.3) is 11.8 Å². The maximum atomic E-state index is 13.6. The van der Waals surface area contributed by atoms with Gasteiger partial charge in [-0.25, -0.2) is 17.7 Å². The smallest absolute Gasteiger partial charge is 0.258 e. The lowest BCUT2D eigenvalue weighted by Gasteiger charge is -2.38. The molecular formula is C27H32N4O6S2. The number of para-hydroxylation sites is 1. The number of benzene rings is 2. The van der Waals surface area contributed by atoms with Gasteiger partial charge in [-0.1, -0.05) is 25.1 Å². The van der Waals surface area contributed by atoms with Crippen molar-refractivity contribution in [2.24, 2.45) is 5.92 Å². The molecule has 1 aromatic heterocycles. The number of thiazole rings is 1. The van der Waals surface area contributed by atoms with Crippen LogP contribution in [0.4, 0.5) is 5.69 Å². The molecule has 2 aromatic carbocycles. The van der Waals surface area contributed by atoms with E-state index in [0.717, 1.165) is 16.8 Å². The minimum atomic E-state index is -3.50. The molecule has 0 spiro atoms. The third-order valence-electron chi connectivity index (χ3n) is 6.77. The molecule has 10 nitrogen and oxygen atoms in total. The number of hydrogen-bond donors (Lipinski definition) is 2. The Bertz CT molecular complexity index is 1430. The van der Waals surface area contributed by atoms with Crippen LogP contribution >= 0.6 is 11.3 Å². The van der Waals surface area contributed by atoms with Gasteiger partial charge in [0.15, 0.2) is 5.75 Å². The summed E-state index contributed by atoms with van der Waals surface area (Å²) in [7, 11) is -2.03. The first-order valence-corrected chi connectivity index (χ1v) is 15.2. The van der Waals surface area contributed by atoms with Crippen molar-refractivity contribution < 1.29 is 27.9 Å². The molecule has 4 rings (SSSR count). The van der Waals surface area contributed by atoms with Crippen molar-refractivity contribution in [3.63, 3.8) is 0 Å². The second-order valence-electron chi connectivity index (χ2n) is 9.72. The summed E-state index contributed by atoms with van der Waals surface area (Å²) >= 11 is 1.50. The Morgan fingerprint density at radius 3 is 2.62 bits per heavy atom. The number of aromatic nitrogens is 1. The Morgan fingerprint density at radius 1 is 1.28 bits per heavy atom. The van der Waals surface area contributed by atoms with E-state index in [9.17, 15) is 23.1 Å². The zero-order valence-corrected chi connectivity index (χ0v) is 23.8. The van der Waals surface area contributed by atoms with Crippen LogP contribution in [0.1, 0.15) is 34.6 Å². The van der Waals surface area contributed by atoms with Crippen LogP contribution in [0.3, 0.4) is 0 Å². The highest BCUT2D eigenvalue weighted by atomic mass is 32.2. The molecule has 3 atom stereocenters. The number of carbonyl (C=O) groups is 2. The molecule has 0 fully saturated rings. The molecule has 2 amide bonds. The van der Waals surface area contributed by atoms with Gasteiger partial charge >= 0.3 is 0 Å². The van der Waals surface area contributed by atoms with Crippen molar-refractivity contribution in [1.82, 2.24) is 14.2 Å². The van der Waals surface area contributed by atoms with E-state index in [1.807, 2.05) is 24.4 Å². The number of aliphatic hydroxyl groups excluding tert-OH is 1. The molecule has 2 heterocycles. The number of rotatable bonds is 8. The fraction of sp³-hybridized carbons (Fsp3) is 0.370. The standard InChI is InChI=1S/C27H32N4O6S2/c1-17-14-31(18(2)16-32)27(34)21-6-5-7-22(24(21)37-23(17)15-30(3)39(4,35)36)29-25(33)19-8-10-20(11-9-19)26-28-12-13-38-26/h5-13,17-18,23,32H,14-16H2,1-4H3,(H,29,33)/t17-,18-,23-/m1/s1. The van der Waals surface area contributed by atoms with Gasteiger partial charge in [-0.2, -0.15) is 0 Å². The van der Waals surface area contributed by atoms with Crippen LogP contribution in [0.5, 0.6) is 5.75 Å². The molecule has 2 N–H and O–H groups in total. The van der Waals surface area contributed by atoms with Gasteiger partial charge in [-0.15, -0.1) is 11.3 Å². The number of likely N-dealkylation sites (N-methyl/N-ethyl adjacent to an activating group) is 1. The maximum absolute atomic E-state index is 13.6. The van der Waals surface area contributed by atoms with Crippen molar-refractivity contribution in [3.05, 3.63) is 65.2 Å². The number of hydrogen-bond acceptors (Lipinski definition) is 8. The number of ether oxygens (including phenoxy) is 1. The number of sulfonamides is 1. The number of fused-ring (bicyclic) bond motifs is 1. The van der Waals surface area contributed by atoms with Gasteiger partial charge < -0.3 is 20.1 Å². The maximum Gasteiger partial charge on any atom is 0.258 e. The Labute approximate surface area is 232 Å². The molecule has 1 aliphatic heterocycles. The number of anilines is 1. The highest BCUT2D eigenvalue weighted by Gasteiger charge is 2.35. The van der Waals surface area contributed by atoms with Gasteiger partial charge in [0.05, 0.1) is 36.7 Å². The van der Waals surface area contributed by atoms with Gasteiger partial charge in [0, 0.05) is 42.2 Å². The highest BCUT2D eigenvalue weighted by Crippen LogP contribution is 2.35. The monoisotopic (exact) mass is 572 g/mol. The first kappa shape index (κ1) is 28.7. The zero-order chi connectivity index (χ0) is 28.3. The van der Waals surface area contributed by atoms with Crippen LogP contribution in [-0.4, -0.2) is 84.7 Å². The van der Waals surface area contributed by atoms with E-state index in [0.29, 0.717) is 5.56 Å². The van der Waals surface area contributed by atoms with E-state index >= 15 is 0 Å². The van der Waals surface area contributed by atoms with Crippen LogP contribution in [0, 0.1) is 5.92 Å². The largest absolute Gasteiger partial charge is 0.486 e.